The van der Waals surface area contributed by atoms with Gasteiger partial charge in [-0.25, -0.2) is 4.98 Å². The highest BCUT2D eigenvalue weighted by atomic mass is 32.1. The van der Waals surface area contributed by atoms with E-state index in [9.17, 15) is 0 Å². The van der Waals surface area contributed by atoms with E-state index >= 15 is 0 Å². The maximum Gasteiger partial charge on any atom is 0.227 e. The van der Waals surface area contributed by atoms with Crippen molar-refractivity contribution in [2.45, 2.75) is 0 Å². The lowest BCUT2D eigenvalue weighted by Crippen LogP contribution is -2.09. The van der Waals surface area contributed by atoms with E-state index in [1.165, 1.54) is 31.3 Å². The summed E-state index contributed by atoms with van der Waals surface area (Å²) in [6, 6.07) is 63.9. The van der Waals surface area contributed by atoms with Gasteiger partial charge in [0.05, 0.1) is 0 Å². The molecule has 0 aliphatic heterocycles. The van der Waals surface area contributed by atoms with Crippen LogP contribution in [0.4, 0.5) is 17.1 Å². The van der Waals surface area contributed by atoms with E-state index in [-0.39, 0.29) is 0 Å². The van der Waals surface area contributed by atoms with Gasteiger partial charge in [-0.05, 0) is 77.4 Å². The fraction of sp³-hybridized carbons (Fsp3) is 0. The summed E-state index contributed by atoms with van der Waals surface area (Å²) < 4.78 is 15.4. The van der Waals surface area contributed by atoms with E-state index in [1.807, 2.05) is 59.9 Å². The third-order valence-corrected chi connectivity index (χ3v) is 11.4. The van der Waals surface area contributed by atoms with Crippen molar-refractivity contribution in [3.63, 3.8) is 0 Å². The molecule has 0 atom stereocenters. The molecule has 4 nitrogen and oxygen atoms in total. The highest BCUT2D eigenvalue weighted by molar-refractivity contribution is 7.25. The van der Waals surface area contributed by atoms with Gasteiger partial charge in [-0.15, -0.1) is 11.3 Å². The number of hydrogen-bond donors (Lipinski definition) is 0. The lowest BCUT2D eigenvalue weighted by atomic mass is 9.97. The Labute approximate surface area is 314 Å². The van der Waals surface area contributed by atoms with Crippen molar-refractivity contribution in [2.75, 3.05) is 4.90 Å². The van der Waals surface area contributed by atoms with Crippen molar-refractivity contribution in [1.29, 1.82) is 0 Å². The summed E-state index contributed by atoms with van der Waals surface area (Å²) in [6.07, 6.45) is 0. The third kappa shape index (κ3) is 5.01. The summed E-state index contributed by atoms with van der Waals surface area (Å²) in [5.74, 6) is 0.585. The molecular formula is C49H30N2O2S. The molecule has 54 heavy (non-hydrogen) atoms. The topological polar surface area (TPSA) is 42.4 Å². The first-order valence-electron chi connectivity index (χ1n) is 18.0. The van der Waals surface area contributed by atoms with Gasteiger partial charge < -0.3 is 13.7 Å². The number of oxazole rings is 1. The van der Waals surface area contributed by atoms with Gasteiger partial charge in [0.1, 0.15) is 16.7 Å². The average molecular weight is 711 g/mol. The zero-order valence-corrected chi connectivity index (χ0v) is 29.8. The minimum atomic E-state index is 0.585. The van der Waals surface area contributed by atoms with E-state index in [2.05, 4.69) is 138 Å². The summed E-state index contributed by atoms with van der Waals surface area (Å²) in [6.45, 7) is 0. The molecular weight excluding hydrogens is 681 g/mol. The summed E-state index contributed by atoms with van der Waals surface area (Å²) in [7, 11) is 0. The van der Waals surface area contributed by atoms with Gasteiger partial charge in [-0.1, -0.05) is 115 Å². The summed E-state index contributed by atoms with van der Waals surface area (Å²) in [5.41, 5.74) is 11.7. The van der Waals surface area contributed by atoms with Gasteiger partial charge in [0.15, 0.2) is 5.58 Å². The zero-order valence-electron chi connectivity index (χ0n) is 28.9. The first-order valence-corrected chi connectivity index (χ1v) is 18.8. The second-order valence-corrected chi connectivity index (χ2v) is 14.6. The van der Waals surface area contributed by atoms with Crippen LogP contribution in [0.2, 0.25) is 0 Å². The molecule has 3 heterocycles. The van der Waals surface area contributed by atoms with Crippen LogP contribution in [-0.2, 0) is 0 Å². The van der Waals surface area contributed by atoms with Gasteiger partial charge in [0.25, 0.3) is 0 Å². The molecule has 0 fully saturated rings. The molecule has 11 rings (SSSR count). The number of hydrogen-bond acceptors (Lipinski definition) is 5. The van der Waals surface area contributed by atoms with E-state index in [1.54, 1.807) is 0 Å². The molecule has 3 aromatic heterocycles. The van der Waals surface area contributed by atoms with Crippen molar-refractivity contribution in [2.24, 2.45) is 0 Å². The predicted molar refractivity (Wildman–Crippen MR) is 225 cm³/mol. The van der Waals surface area contributed by atoms with Crippen LogP contribution in [0.15, 0.2) is 191 Å². The average Bonchev–Trinajstić information content (AvgIpc) is 3.94. The molecule has 0 unspecified atom stereocenters. The largest absolute Gasteiger partial charge is 0.456 e. The minimum Gasteiger partial charge on any atom is -0.456 e. The molecule has 0 radical (unpaired) electrons. The number of anilines is 3. The van der Waals surface area contributed by atoms with Crippen LogP contribution in [0.5, 0.6) is 0 Å². The third-order valence-electron chi connectivity index (χ3n) is 10.3. The Morgan fingerprint density at radius 1 is 0.407 bits per heavy atom. The highest BCUT2D eigenvalue weighted by Crippen LogP contribution is 2.45. The SMILES string of the molecule is c1ccc(-c2ccc(N(c3ccc(-c4c5nc(-c6ccccc6)oc5cc5oc6ccccc6c45)cc3)c3ccc4c(c3)sc3ccccc34)cc2)cc1. The van der Waals surface area contributed by atoms with Crippen molar-refractivity contribution in [1.82, 2.24) is 4.98 Å². The molecule has 0 aliphatic carbocycles. The molecule has 0 bridgehead atoms. The maximum absolute atomic E-state index is 6.42. The molecule has 0 spiro atoms. The van der Waals surface area contributed by atoms with E-state index in [4.69, 9.17) is 13.8 Å². The summed E-state index contributed by atoms with van der Waals surface area (Å²) in [5, 5.41) is 4.65. The number of benzene rings is 8. The predicted octanol–water partition coefficient (Wildman–Crippen LogP) is 14.6. The van der Waals surface area contributed by atoms with Crippen molar-refractivity contribution in [3.05, 3.63) is 182 Å². The van der Waals surface area contributed by atoms with Gasteiger partial charge in [0, 0.05) is 65.2 Å². The Morgan fingerprint density at radius 3 is 1.76 bits per heavy atom. The maximum atomic E-state index is 6.42. The normalized spacial score (nSPS) is 11.7. The molecule has 0 aliphatic rings. The Bertz CT molecular complexity index is 3140. The number of furan rings is 1. The molecule has 0 N–H and O–H groups in total. The standard InChI is InChI=1S/C49H30N2O2S/c1-3-11-31(12-4-1)32-19-23-35(24-20-32)51(37-27-28-39-38-15-8-10-18-44(38)54-45(39)29-37)36-25-21-33(22-26-36)46-47-40-16-7-9-17-41(40)52-42(47)30-43-48(46)50-49(53-43)34-13-5-2-6-14-34/h1-30H. The van der Waals surface area contributed by atoms with E-state index in [0.717, 1.165) is 61.2 Å². The van der Waals surface area contributed by atoms with Crippen LogP contribution in [-0.4, -0.2) is 4.98 Å². The molecule has 0 amide bonds. The molecule has 5 heteroatoms. The number of aromatic nitrogens is 1. The number of nitrogens with zero attached hydrogens (tertiary/aromatic N) is 2. The second kappa shape index (κ2) is 12.3. The van der Waals surface area contributed by atoms with Crippen LogP contribution in [0.25, 0.3) is 86.9 Å². The van der Waals surface area contributed by atoms with Crippen molar-refractivity contribution >= 4 is 81.6 Å². The quantitative estimate of drug-likeness (QED) is 0.172. The number of rotatable bonds is 6. The zero-order chi connectivity index (χ0) is 35.6. The van der Waals surface area contributed by atoms with Crippen LogP contribution in [0.1, 0.15) is 0 Å². The lowest BCUT2D eigenvalue weighted by Gasteiger charge is -2.26. The molecule has 254 valence electrons. The van der Waals surface area contributed by atoms with Gasteiger partial charge in [0.2, 0.25) is 5.89 Å². The fourth-order valence-electron chi connectivity index (χ4n) is 7.77. The first kappa shape index (κ1) is 30.7. The Hall–Kier alpha value is -6.95. The van der Waals surface area contributed by atoms with Gasteiger partial charge in [-0.2, -0.15) is 0 Å². The van der Waals surface area contributed by atoms with Crippen LogP contribution in [0.3, 0.4) is 0 Å². The number of fused-ring (bicyclic) bond motifs is 7. The molecule has 11 aromatic rings. The molecule has 0 saturated carbocycles. The fourth-order valence-corrected chi connectivity index (χ4v) is 8.91. The smallest absolute Gasteiger partial charge is 0.227 e. The summed E-state index contributed by atoms with van der Waals surface area (Å²) in [4.78, 5) is 7.45. The lowest BCUT2D eigenvalue weighted by molar-refractivity contribution is 0.617. The Balaban J connectivity index is 1.08. The van der Waals surface area contributed by atoms with E-state index in [0.29, 0.717) is 11.5 Å². The number of para-hydroxylation sites is 1. The van der Waals surface area contributed by atoms with Gasteiger partial charge >= 0.3 is 0 Å². The van der Waals surface area contributed by atoms with Crippen molar-refractivity contribution < 1.29 is 8.83 Å². The Kier molecular flexibility index (Phi) is 7.00. The number of thiophene rings is 1. The Morgan fingerprint density at radius 2 is 1.00 bits per heavy atom. The van der Waals surface area contributed by atoms with Crippen LogP contribution >= 0.6 is 11.3 Å². The van der Waals surface area contributed by atoms with Gasteiger partial charge in [-0.3, -0.25) is 0 Å². The van der Waals surface area contributed by atoms with Crippen LogP contribution < -0.4 is 4.90 Å². The highest BCUT2D eigenvalue weighted by Gasteiger charge is 2.22. The molecule has 8 aromatic carbocycles. The summed E-state index contributed by atoms with van der Waals surface area (Å²) >= 11 is 1.84. The minimum absolute atomic E-state index is 0.585. The van der Waals surface area contributed by atoms with Crippen molar-refractivity contribution in [3.8, 4) is 33.7 Å². The second-order valence-electron chi connectivity index (χ2n) is 13.5. The first-order chi connectivity index (χ1) is 26.7. The molecule has 0 saturated heterocycles. The van der Waals surface area contributed by atoms with E-state index < -0.39 is 0 Å². The van der Waals surface area contributed by atoms with Crippen LogP contribution in [0, 0.1) is 0 Å². The monoisotopic (exact) mass is 710 g/mol.